The number of carbonyl (C=O) groups is 1. The number of nitrogens with one attached hydrogen (secondary N) is 2. The van der Waals surface area contributed by atoms with Crippen molar-refractivity contribution in [2.45, 2.75) is 50.5 Å². The van der Waals surface area contributed by atoms with Gasteiger partial charge >= 0.3 is 6.03 Å². The highest BCUT2D eigenvalue weighted by Crippen LogP contribution is 2.47. The molecule has 1 aromatic rings. The van der Waals surface area contributed by atoms with E-state index in [9.17, 15) is 9.90 Å². The van der Waals surface area contributed by atoms with Crippen molar-refractivity contribution in [1.29, 1.82) is 0 Å². The Morgan fingerprint density at radius 3 is 2.33 bits per heavy atom. The van der Waals surface area contributed by atoms with E-state index in [4.69, 9.17) is 0 Å². The van der Waals surface area contributed by atoms with E-state index in [-0.39, 0.29) is 11.4 Å². The smallest absolute Gasteiger partial charge is 0.314 e. The molecule has 0 aromatic heterocycles. The molecule has 4 heteroatoms. The molecule has 0 spiro atoms. The molecule has 1 aromatic carbocycles. The topological polar surface area (TPSA) is 61.4 Å². The Balaban J connectivity index is 1.80. The number of aliphatic hydroxyl groups is 1. The van der Waals surface area contributed by atoms with Gasteiger partial charge in [0.2, 0.25) is 0 Å². The molecule has 0 bridgehead atoms. The largest absolute Gasteiger partial charge is 0.388 e. The molecular weight excluding hydrogens is 264 g/mol. The lowest BCUT2D eigenvalue weighted by Crippen LogP contribution is -2.47. The second-order valence-electron chi connectivity index (χ2n) is 6.11. The third-order valence-electron chi connectivity index (χ3n) is 4.72. The Bertz CT molecular complexity index is 465. The number of rotatable bonds is 7. The Morgan fingerprint density at radius 1 is 1.19 bits per heavy atom. The highest BCUT2D eigenvalue weighted by molar-refractivity contribution is 5.74. The number of hydrogen-bond donors (Lipinski definition) is 3. The zero-order valence-electron chi connectivity index (χ0n) is 13.0. The van der Waals surface area contributed by atoms with Gasteiger partial charge in [-0.1, -0.05) is 44.2 Å². The molecule has 4 nitrogen and oxygen atoms in total. The van der Waals surface area contributed by atoms with Gasteiger partial charge < -0.3 is 15.7 Å². The average Bonchev–Trinajstić information content (AvgIpc) is 3.33. The second-order valence-corrected chi connectivity index (χ2v) is 6.11. The number of urea groups is 1. The fraction of sp³-hybridized carbons (Fsp3) is 0.588. The predicted octanol–water partition coefficient (Wildman–Crippen LogP) is 2.57. The van der Waals surface area contributed by atoms with Crippen LogP contribution in [-0.2, 0) is 5.41 Å². The molecule has 3 N–H and O–H groups in total. The summed E-state index contributed by atoms with van der Waals surface area (Å²) in [5, 5.41) is 15.9. The zero-order valence-corrected chi connectivity index (χ0v) is 13.0. The molecule has 0 unspecified atom stereocenters. The molecule has 1 aliphatic rings. The van der Waals surface area contributed by atoms with Crippen LogP contribution in [0.1, 0.15) is 45.1 Å². The normalized spacial score (nSPS) is 16.3. The Morgan fingerprint density at radius 2 is 1.81 bits per heavy atom. The molecule has 1 aliphatic carbocycles. The van der Waals surface area contributed by atoms with E-state index >= 15 is 0 Å². The van der Waals surface area contributed by atoms with Crippen molar-refractivity contribution in [3.63, 3.8) is 0 Å². The van der Waals surface area contributed by atoms with Crippen molar-refractivity contribution in [2.75, 3.05) is 13.1 Å². The monoisotopic (exact) mass is 290 g/mol. The highest BCUT2D eigenvalue weighted by atomic mass is 16.3. The van der Waals surface area contributed by atoms with Crippen molar-refractivity contribution in [3.05, 3.63) is 35.9 Å². The van der Waals surface area contributed by atoms with Gasteiger partial charge in [-0.05, 0) is 31.2 Å². The van der Waals surface area contributed by atoms with Crippen LogP contribution in [0.25, 0.3) is 0 Å². The van der Waals surface area contributed by atoms with Gasteiger partial charge in [0, 0.05) is 18.5 Å². The minimum atomic E-state index is -0.798. The molecule has 2 rings (SSSR count). The van der Waals surface area contributed by atoms with Crippen LogP contribution in [0.2, 0.25) is 0 Å². The van der Waals surface area contributed by atoms with Crippen LogP contribution in [0.4, 0.5) is 4.79 Å². The predicted molar refractivity (Wildman–Crippen MR) is 84.3 cm³/mol. The third kappa shape index (κ3) is 3.97. The second kappa shape index (κ2) is 6.48. The minimum absolute atomic E-state index is 0.115. The van der Waals surface area contributed by atoms with Crippen molar-refractivity contribution in [1.82, 2.24) is 10.6 Å². The summed E-state index contributed by atoms with van der Waals surface area (Å²) < 4.78 is 0. The third-order valence-corrected chi connectivity index (χ3v) is 4.72. The zero-order chi connectivity index (χ0) is 15.3. The molecule has 0 atom stereocenters. The Labute approximate surface area is 126 Å². The van der Waals surface area contributed by atoms with E-state index in [1.54, 1.807) is 0 Å². The SMILES string of the molecule is CCC(O)(CC)CNC(=O)NCC1(c2ccccc2)CC1. The van der Waals surface area contributed by atoms with Gasteiger partial charge in [0.1, 0.15) is 0 Å². The first-order valence-electron chi connectivity index (χ1n) is 7.83. The van der Waals surface area contributed by atoms with Crippen LogP contribution in [0.5, 0.6) is 0 Å². The lowest BCUT2D eigenvalue weighted by Gasteiger charge is -2.25. The van der Waals surface area contributed by atoms with Gasteiger partial charge in [-0.15, -0.1) is 0 Å². The number of benzene rings is 1. The van der Waals surface area contributed by atoms with Crippen molar-refractivity contribution >= 4 is 6.03 Å². The van der Waals surface area contributed by atoms with Crippen LogP contribution >= 0.6 is 0 Å². The minimum Gasteiger partial charge on any atom is -0.388 e. The molecule has 21 heavy (non-hydrogen) atoms. The first-order valence-corrected chi connectivity index (χ1v) is 7.83. The fourth-order valence-electron chi connectivity index (χ4n) is 2.57. The van der Waals surface area contributed by atoms with Gasteiger partial charge in [0.05, 0.1) is 5.60 Å². The van der Waals surface area contributed by atoms with E-state index in [2.05, 4.69) is 22.8 Å². The lowest BCUT2D eigenvalue weighted by molar-refractivity contribution is 0.0349. The van der Waals surface area contributed by atoms with E-state index in [0.717, 1.165) is 12.8 Å². The van der Waals surface area contributed by atoms with E-state index < -0.39 is 5.60 Å². The van der Waals surface area contributed by atoms with Gasteiger partial charge in [0.15, 0.2) is 0 Å². The van der Waals surface area contributed by atoms with Crippen LogP contribution in [0.15, 0.2) is 30.3 Å². The first-order chi connectivity index (χ1) is 10.0. The summed E-state index contributed by atoms with van der Waals surface area (Å²) in [6.07, 6.45) is 3.51. The average molecular weight is 290 g/mol. The summed E-state index contributed by atoms with van der Waals surface area (Å²) >= 11 is 0. The van der Waals surface area contributed by atoms with Crippen molar-refractivity contribution < 1.29 is 9.90 Å². The van der Waals surface area contributed by atoms with Crippen LogP contribution in [0, 0.1) is 0 Å². The quantitative estimate of drug-likeness (QED) is 0.723. The first kappa shape index (κ1) is 15.8. The van der Waals surface area contributed by atoms with E-state index in [0.29, 0.717) is 25.9 Å². The Hall–Kier alpha value is -1.55. The van der Waals surface area contributed by atoms with Crippen molar-refractivity contribution in [3.8, 4) is 0 Å². The van der Waals surface area contributed by atoms with Crippen molar-refractivity contribution in [2.24, 2.45) is 0 Å². The number of hydrogen-bond acceptors (Lipinski definition) is 2. The van der Waals surface area contributed by atoms with Crippen LogP contribution in [0.3, 0.4) is 0 Å². The summed E-state index contributed by atoms with van der Waals surface area (Å²) in [5.41, 5.74) is 0.613. The maximum Gasteiger partial charge on any atom is 0.314 e. The molecule has 0 heterocycles. The van der Waals surface area contributed by atoms with Crippen LogP contribution in [-0.4, -0.2) is 29.8 Å². The molecule has 1 saturated carbocycles. The number of amides is 2. The Kier molecular flexibility index (Phi) is 4.88. The summed E-state index contributed by atoms with van der Waals surface area (Å²) in [7, 11) is 0. The van der Waals surface area contributed by atoms with Gasteiger partial charge in [-0.25, -0.2) is 4.79 Å². The standard InChI is InChI=1S/C17H26N2O2/c1-3-17(21,4-2)13-19-15(20)18-12-16(10-11-16)14-8-6-5-7-9-14/h5-9,21H,3-4,10-13H2,1-2H3,(H2,18,19,20). The summed E-state index contributed by atoms with van der Waals surface area (Å²) in [4.78, 5) is 11.9. The molecule has 0 radical (unpaired) electrons. The molecule has 116 valence electrons. The summed E-state index contributed by atoms with van der Waals surface area (Å²) in [5.74, 6) is 0. The fourth-order valence-corrected chi connectivity index (χ4v) is 2.57. The molecule has 0 saturated heterocycles. The molecule has 2 amide bonds. The molecule has 0 aliphatic heterocycles. The highest BCUT2D eigenvalue weighted by Gasteiger charge is 2.44. The molecular formula is C17H26N2O2. The van der Waals surface area contributed by atoms with Gasteiger partial charge in [-0.2, -0.15) is 0 Å². The summed E-state index contributed by atoms with van der Waals surface area (Å²) in [6.45, 7) is 4.80. The van der Waals surface area contributed by atoms with E-state index in [1.165, 1.54) is 5.56 Å². The van der Waals surface area contributed by atoms with Gasteiger partial charge in [-0.3, -0.25) is 0 Å². The van der Waals surface area contributed by atoms with E-state index in [1.807, 2.05) is 32.0 Å². The summed E-state index contributed by atoms with van der Waals surface area (Å²) in [6, 6.07) is 10.1. The maximum absolute atomic E-state index is 11.9. The lowest BCUT2D eigenvalue weighted by atomic mass is 9.96. The van der Waals surface area contributed by atoms with Gasteiger partial charge in [0.25, 0.3) is 0 Å². The maximum atomic E-state index is 11.9. The van der Waals surface area contributed by atoms with Crippen LogP contribution < -0.4 is 10.6 Å². The number of carbonyl (C=O) groups excluding carboxylic acids is 1. The molecule has 1 fully saturated rings.